The van der Waals surface area contributed by atoms with Gasteiger partial charge in [-0.2, -0.15) is 0 Å². The highest BCUT2D eigenvalue weighted by Gasteiger charge is 2.29. The standard InChI is InChI=1S/C13H18N2O3.ClH/c1-15(7-2-3-8-15)9-12(18)14-13-10(16)5-4-6-11(13)17;/h4-6H,2-3,7-9H2,1H3,(H2-,14,16,17,18);1H. The number of quaternary nitrogens is 1. The monoisotopic (exact) mass is 286 g/mol. The zero-order valence-corrected chi connectivity index (χ0v) is 11.7. The lowest BCUT2D eigenvalue weighted by molar-refractivity contribution is -0.889. The van der Waals surface area contributed by atoms with Gasteiger partial charge in [0.15, 0.2) is 6.54 Å². The fourth-order valence-electron chi connectivity index (χ4n) is 2.44. The largest absolute Gasteiger partial charge is 1.00 e. The molecule has 0 atom stereocenters. The van der Waals surface area contributed by atoms with E-state index in [1.807, 2.05) is 0 Å². The van der Waals surface area contributed by atoms with Gasteiger partial charge >= 0.3 is 0 Å². The molecule has 1 saturated heterocycles. The highest BCUT2D eigenvalue weighted by Crippen LogP contribution is 2.32. The van der Waals surface area contributed by atoms with Crippen LogP contribution in [0.2, 0.25) is 0 Å². The van der Waals surface area contributed by atoms with Crippen LogP contribution in [-0.4, -0.2) is 47.3 Å². The van der Waals surface area contributed by atoms with Crippen molar-refractivity contribution >= 4 is 11.6 Å². The minimum absolute atomic E-state index is 0. The van der Waals surface area contributed by atoms with Crippen molar-refractivity contribution in [1.29, 1.82) is 0 Å². The van der Waals surface area contributed by atoms with E-state index in [9.17, 15) is 15.0 Å². The second-order valence-corrected chi connectivity index (χ2v) is 5.15. The third kappa shape index (κ3) is 3.75. The molecule has 2 rings (SSSR count). The lowest BCUT2D eigenvalue weighted by atomic mass is 10.2. The Hall–Kier alpha value is -1.46. The Bertz CT molecular complexity index is 439. The van der Waals surface area contributed by atoms with E-state index < -0.39 is 0 Å². The average molecular weight is 287 g/mol. The molecule has 1 aliphatic rings. The molecule has 1 aliphatic heterocycles. The molecule has 19 heavy (non-hydrogen) atoms. The van der Waals surface area contributed by atoms with Crippen molar-refractivity contribution < 1.29 is 31.9 Å². The molecular weight excluding hydrogens is 268 g/mol. The predicted octanol–water partition coefficient (Wildman–Crippen LogP) is -1.72. The van der Waals surface area contributed by atoms with Gasteiger partial charge in [-0.05, 0) is 12.1 Å². The van der Waals surface area contributed by atoms with Crippen LogP contribution in [0.25, 0.3) is 0 Å². The maximum atomic E-state index is 11.9. The summed E-state index contributed by atoms with van der Waals surface area (Å²) in [5.41, 5.74) is 0.0910. The summed E-state index contributed by atoms with van der Waals surface area (Å²) in [5.74, 6) is -0.420. The van der Waals surface area contributed by atoms with Crippen LogP contribution in [0.4, 0.5) is 5.69 Å². The third-order valence-corrected chi connectivity index (χ3v) is 3.46. The molecule has 0 unspecified atom stereocenters. The van der Waals surface area contributed by atoms with Crippen LogP contribution in [0.3, 0.4) is 0 Å². The van der Waals surface area contributed by atoms with Gasteiger partial charge < -0.3 is 32.4 Å². The Kier molecular flexibility index (Phi) is 5.03. The number of hydrogen-bond donors (Lipinski definition) is 3. The minimum Gasteiger partial charge on any atom is -1.00 e. The number of likely N-dealkylation sites (N-methyl/N-ethyl adjacent to an activating group) is 1. The van der Waals surface area contributed by atoms with E-state index in [4.69, 9.17) is 0 Å². The summed E-state index contributed by atoms with van der Waals surface area (Å²) < 4.78 is 0.722. The molecule has 1 aromatic rings. The van der Waals surface area contributed by atoms with E-state index >= 15 is 0 Å². The normalized spacial score (nSPS) is 16.7. The second kappa shape index (κ2) is 6.12. The number of benzene rings is 1. The zero-order chi connectivity index (χ0) is 13.2. The maximum Gasteiger partial charge on any atom is 0.279 e. The Labute approximate surface area is 118 Å². The Morgan fingerprint density at radius 2 is 1.79 bits per heavy atom. The van der Waals surface area contributed by atoms with Gasteiger partial charge in [0.1, 0.15) is 17.2 Å². The van der Waals surface area contributed by atoms with Crippen LogP contribution in [0.5, 0.6) is 11.5 Å². The highest BCUT2D eigenvalue weighted by molar-refractivity contribution is 5.94. The van der Waals surface area contributed by atoms with Crippen molar-refractivity contribution in [2.75, 3.05) is 32.0 Å². The summed E-state index contributed by atoms with van der Waals surface area (Å²) in [5, 5.41) is 21.7. The topological polar surface area (TPSA) is 69.6 Å². The number of para-hydroxylation sites is 1. The minimum atomic E-state index is -0.184. The molecule has 5 nitrogen and oxygen atoms in total. The Morgan fingerprint density at radius 1 is 1.26 bits per heavy atom. The number of likely N-dealkylation sites (tertiary alicyclic amines) is 1. The van der Waals surface area contributed by atoms with Crippen LogP contribution < -0.4 is 17.7 Å². The molecule has 1 fully saturated rings. The first-order valence-electron chi connectivity index (χ1n) is 6.14. The smallest absolute Gasteiger partial charge is 0.279 e. The maximum absolute atomic E-state index is 11.9. The van der Waals surface area contributed by atoms with Gasteiger partial charge in [-0.15, -0.1) is 0 Å². The lowest BCUT2D eigenvalue weighted by Crippen LogP contribution is -3.00. The van der Waals surface area contributed by atoms with Gasteiger partial charge in [-0.25, -0.2) is 0 Å². The van der Waals surface area contributed by atoms with E-state index in [1.54, 1.807) is 0 Å². The van der Waals surface area contributed by atoms with Gasteiger partial charge in [0.2, 0.25) is 0 Å². The summed E-state index contributed by atoms with van der Waals surface area (Å²) in [6, 6.07) is 4.39. The quantitative estimate of drug-likeness (QED) is 0.457. The van der Waals surface area contributed by atoms with Gasteiger partial charge in [-0.1, -0.05) is 6.07 Å². The first-order valence-corrected chi connectivity index (χ1v) is 6.14. The summed E-state index contributed by atoms with van der Waals surface area (Å²) >= 11 is 0. The van der Waals surface area contributed by atoms with E-state index in [-0.39, 0.29) is 35.5 Å². The molecule has 1 aromatic carbocycles. The van der Waals surface area contributed by atoms with E-state index in [1.165, 1.54) is 18.2 Å². The molecule has 0 saturated carbocycles. The van der Waals surface area contributed by atoms with Crippen molar-refractivity contribution in [2.24, 2.45) is 0 Å². The van der Waals surface area contributed by atoms with Crippen molar-refractivity contribution in [3.8, 4) is 11.5 Å². The number of rotatable bonds is 3. The van der Waals surface area contributed by atoms with Crippen molar-refractivity contribution in [3.63, 3.8) is 0 Å². The number of aromatic hydroxyl groups is 2. The fourth-order valence-corrected chi connectivity index (χ4v) is 2.44. The highest BCUT2D eigenvalue weighted by atomic mass is 35.5. The van der Waals surface area contributed by atoms with Crippen molar-refractivity contribution in [3.05, 3.63) is 18.2 Å². The first kappa shape index (κ1) is 15.6. The van der Waals surface area contributed by atoms with Crippen LogP contribution in [0.15, 0.2) is 18.2 Å². The summed E-state index contributed by atoms with van der Waals surface area (Å²) in [6.45, 7) is 2.37. The molecular formula is C13H19ClN2O3. The number of phenolic OH excluding ortho intramolecular Hbond substituents is 2. The molecule has 106 valence electrons. The molecule has 0 spiro atoms. The second-order valence-electron chi connectivity index (χ2n) is 5.15. The van der Waals surface area contributed by atoms with Gasteiger partial charge in [0.25, 0.3) is 5.91 Å². The van der Waals surface area contributed by atoms with E-state index in [2.05, 4.69) is 12.4 Å². The average Bonchev–Trinajstić information content (AvgIpc) is 2.70. The molecule has 6 heteroatoms. The SMILES string of the molecule is C[N+]1(CC(=O)Nc2c(O)cccc2O)CCCC1.[Cl-]. The van der Waals surface area contributed by atoms with Crippen molar-refractivity contribution in [2.45, 2.75) is 12.8 Å². The molecule has 3 N–H and O–H groups in total. The van der Waals surface area contributed by atoms with Crippen LogP contribution >= 0.6 is 0 Å². The Morgan fingerprint density at radius 3 is 2.32 bits per heavy atom. The predicted molar refractivity (Wildman–Crippen MR) is 68.4 cm³/mol. The first-order chi connectivity index (χ1) is 8.50. The molecule has 0 aromatic heterocycles. The van der Waals surface area contributed by atoms with Gasteiger partial charge in [0.05, 0.1) is 20.1 Å². The number of nitrogens with one attached hydrogen (secondary N) is 1. The van der Waals surface area contributed by atoms with Gasteiger partial charge in [-0.3, -0.25) is 4.79 Å². The molecule has 0 aliphatic carbocycles. The number of carbonyl (C=O) groups is 1. The van der Waals surface area contributed by atoms with E-state index in [0.29, 0.717) is 6.54 Å². The zero-order valence-electron chi connectivity index (χ0n) is 10.9. The van der Waals surface area contributed by atoms with E-state index in [0.717, 1.165) is 30.4 Å². The van der Waals surface area contributed by atoms with Crippen molar-refractivity contribution in [1.82, 2.24) is 0 Å². The summed E-state index contributed by atoms with van der Waals surface area (Å²) in [6.07, 6.45) is 2.29. The number of anilines is 1. The van der Waals surface area contributed by atoms with Crippen LogP contribution in [-0.2, 0) is 4.79 Å². The number of nitrogens with zero attached hydrogens (tertiary/aromatic N) is 1. The number of carbonyl (C=O) groups excluding carboxylic acids is 1. The number of halogens is 1. The summed E-state index contributed by atoms with van der Waals surface area (Å²) in [7, 11) is 2.05. The summed E-state index contributed by atoms with van der Waals surface area (Å²) in [4.78, 5) is 11.9. The Balaban J connectivity index is 0.00000180. The molecule has 0 bridgehead atoms. The third-order valence-electron chi connectivity index (χ3n) is 3.46. The molecule has 0 radical (unpaired) electrons. The van der Waals surface area contributed by atoms with Crippen LogP contribution in [0.1, 0.15) is 12.8 Å². The van der Waals surface area contributed by atoms with Crippen LogP contribution in [0, 0.1) is 0 Å². The molecule has 1 heterocycles. The number of hydrogen-bond acceptors (Lipinski definition) is 3. The lowest BCUT2D eigenvalue weighted by Gasteiger charge is -2.28. The molecule has 1 amide bonds. The number of phenols is 2. The van der Waals surface area contributed by atoms with Gasteiger partial charge in [0, 0.05) is 12.8 Å². The number of amides is 1. The fraction of sp³-hybridized carbons (Fsp3) is 0.462.